The lowest BCUT2D eigenvalue weighted by molar-refractivity contribution is 0.195. The molecule has 4 aromatic carbocycles. The highest BCUT2D eigenvalue weighted by molar-refractivity contribution is 6.03. The summed E-state index contributed by atoms with van der Waals surface area (Å²) in [5, 5.41) is 1.19. The molecule has 3 aliphatic rings. The highest BCUT2D eigenvalue weighted by Crippen LogP contribution is 2.62. The van der Waals surface area contributed by atoms with Gasteiger partial charge in [-0.3, -0.25) is 0 Å². The van der Waals surface area contributed by atoms with Crippen LogP contribution >= 0.6 is 0 Å². The molecule has 0 saturated heterocycles. The molecule has 3 unspecified atom stereocenters. The van der Waals surface area contributed by atoms with Crippen LogP contribution in [0, 0.1) is 20.8 Å². The largest absolute Gasteiger partial charge is 0.461 e. The number of rotatable bonds is 4. The average Bonchev–Trinajstić information content (AvgIpc) is 3.47. The first-order valence-electron chi connectivity index (χ1n) is 19.8. The van der Waals surface area contributed by atoms with Gasteiger partial charge in [0.15, 0.2) is 0 Å². The number of fused-ring (bicyclic) bond motifs is 4. The Morgan fingerprint density at radius 3 is 2.23 bits per heavy atom. The lowest BCUT2D eigenvalue weighted by atomic mass is 9.61. The highest BCUT2D eigenvalue weighted by atomic mass is 16.3. The van der Waals surface area contributed by atoms with Gasteiger partial charge in [0.2, 0.25) is 0 Å². The molecule has 0 N–H and O–H groups in total. The molecule has 1 fully saturated rings. The normalized spacial score (nSPS) is 22.6. The van der Waals surface area contributed by atoms with Gasteiger partial charge in [-0.05, 0) is 121 Å². The summed E-state index contributed by atoms with van der Waals surface area (Å²) in [5.41, 5.74) is 16.6. The Kier molecular flexibility index (Phi) is 8.05. The van der Waals surface area contributed by atoms with Gasteiger partial charge in [0.1, 0.15) is 11.3 Å². The van der Waals surface area contributed by atoms with E-state index in [2.05, 4.69) is 171 Å². The first-order chi connectivity index (χ1) is 25.0. The SMILES string of the molecule is C=C/C=C\C1c2cc(C(C)(C)C)cc(C)c2N(c2cc(C)cc(N3c4ccc(C(C)(C)C)cc4C4(C)CCCCC34C)c2)c2cccc3oc(C)c1c23. The molecule has 274 valence electrons. The van der Waals surface area contributed by atoms with Gasteiger partial charge in [0, 0.05) is 39.3 Å². The monoisotopic (exact) mass is 702 g/mol. The fourth-order valence-electron chi connectivity index (χ4n) is 10.2. The Hall–Kier alpha value is -4.50. The van der Waals surface area contributed by atoms with Gasteiger partial charge < -0.3 is 14.2 Å². The van der Waals surface area contributed by atoms with Crippen molar-refractivity contribution in [2.45, 2.75) is 130 Å². The number of anilines is 5. The molecular weight excluding hydrogens is 645 g/mol. The zero-order valence-corrected chi connectivity index (χ0v) is 34.0. The van der Waals surface area contributed by atoms with Gasteiger partial charge in [-0.15, -0.1) is 0 Å². The van der Waals surface area contributed by atoms with E-state index in [1.165, 1.54) is 98.5 Å². The third-order valence-corrected chi connectivity index (χ3v) is 13.2. The van der Waals surface area contributed by atoms with E-state index in [4.69, 9.17) is 4.42 Å². The smallest absolute Gasteiger partial charge is 0.136 e. The van der Waals surface area contributed by atoms with Crippen molar-refractivity contribution in [3.05, 3.63) is 136 Å². The standard InChI is InChI=1S/C50H58N2O/c1-13-14-18-38-39-28-35(48(8,9)10)27-32(3)46(39)51(42-19-17-20-43-45(42)44(38)33(4)53-43)36-25-31(2)26-37(30-36)52-41-22-21-34(47(5,6)7)29-40(41)49(11)23-15-16-24-50(49,52)12/h13-14,17-22,25-30,38H,1,15-16,23-24H2,2-12H3/b18-14-. The number of furan rings is 1. The molecule has 1 saturated carbocycles. The summed E-state index contributed by atoms with van der Waals surface area (Å²) in [6.45, 7) is 29.8. The molecule has 3 heterocycles. The van der Waals surface area contributed by atoms with Crippen molar-refractivity contribution in [1.82, 2.24) is 0 Å². The van der Waals surface area contributed by atoms with Crippen LogP contribution in [0.2, 0.25) is 0 Å². The summed E-state index contributed by atoms with van der Waals surface area (Å²) >= 11 is 0. The summed E-state index contributed by atoms with van der Waals surface area (Å²) in [5.74, 6) is 0.973. The molecular formula is C50H58N2O. The number of aryl methyl sites for hydroxylation is 3. The van der Waals surface area contributed by atoms with E-state index in [1.54, 1.807) is 0 Å². The first kappa shape index (κ1) is 35.5. The van der Waals surface area contributed by atoms with Crippen LogP contribution in [-0.4, -0.2) is 5.54 Å². The molecule has 53 heavy (non-hydrogen) atoms. The van der Waals surface area contributed by atoms with E-state index < -0.39 is 0 Å². The van der Waals surface area contributed by atoms with Gasteiger partial charge in [0.05, 0.1) is 16.9 Å². The third kappa shape index (κ3) is 5.28. The van der Waals surface area contributed by atoms with Crippen molar-refractivity contribution < 1.29 is 4.42 Å². The second kappa shape index (κ2) is 12.0. The number of nitrogens with zero attached hydrogens (tertiary/aromatic N) is 2. The van der Waals surface area contributed by atoms with E-state index in [9.17, 15) is 0 Å². The van der Waals surface area contributed by atoms with Crippen LogP contribution in [0.15, 0.2) is 96.0 Å². The zero-order chi connectivity index (χ0) is 37.8. The van der Waals surface area contributed by atoms with Gasteiger partial charge >= 0.3 is 0 Å². The molecule has 1 aromatic heterocycles. The number of allylic oxidation sites excluding steroid dienone is 3. The van der Waals surface area contributed by atoms with Gasteiger partial charge in [0.25, 0.3) is 0 Å². The number of hydrogen-bond donors (Lipinski definition) is 0. The molecule has 0 bridgehead atoms. The van der Waals surface area contributed by atoms with Gasteiger partial charge in [-0.2, -0.15) is 0 Å². The van der Waals surface area contributed by atoms with Crippen LogP contribution in [0.3, 0.4) is 0 Å². The maximum absolute atomic E-state index is 6.59. The second-order valence-corrected chi connectivity index (χ2v) is 18.8. The number of hydrogen-bond acceptors (Lipinski definition) is 3. The van der Waals surface area contributed by atoms with Crippen LogP contribution in [0.5, 0.6) is 0 Å². The van der Waals surface area contributed by atoms with Crippen molar-refractivity contribution in [1.29, 1.82) is 0 Å². The average molecular weight is 703 g/mol. The van der Waals surface area contributed by atoms with Crippen molar-refractivity contribution >= 4 is 39.4 Å². The fraction of sp³-hybridized carbons (Fsp3) is 0.400. The molecule has 8 rings (SSSR count). The molecule has 0 amide bonds. The molecule has 2 aliphatic heterocycles. The van der Waals surface area contributed by atoms with Gasteiger partial charge in [-0.25, -0.2) is 0 Å². The molecule has 3 nitrogen and oxygen atoms in total. The zero-order valence-electron chi connectivity index (χ0n) is 34.0. The minimum atomic E-state index is -0.0429. The van der Waals surface area contributed by atoms with Crippen LogP contribution in [0.4, 0.5) is 28.4 Å². The van der Waals surface area contributed by atoms with Crippen molar-refractivity contribution in [3.63, 3.8) is 0 Å². The lowest BCUT2D eigenvalue weighted by Crippen LogP contribution is -2.54. The molecule has 3 heteroatoms. The van der Waals surface area contributed by atoms with Crippen LogP contribution in [-0.2, 0) is 16.2 Å². The molecule has 1 aliphatic carbocycles. The van der Waals surface area contributed by atoms with Crippen LogP contribution in [0.25, 0.3) is 11.0 Å². The van der Waals surface area contributed by atoms with E-state index in [0.717, 1.165) is 11.3 Å². The molecule has 0 radical (unpaired) electrons. The maximum atomic E-state index is 6.59. The third-order valence-electron chi connectivity index (χ3n) is 13.2. The minimum Gasteiger partial charge on any atom is -0.461 e. The summed E-state index contributed by atoms with van der Waals surface area (Å²) in [6.07, 6.45) is 11.2. The summed E-state index contributed by atoms with van der Waals surface area (Å²) < 4.78 is 6.59. The Balaban J connectivity index is 1.42. The summed E-state index contributed by atoms with van der Waals surface area (Å²) in [6, 6.07) is 26.1. The molecule has 0 spiro atoms. The maximum Gasteiger partial charge on any atom is 0.136 e. The Morgan fingerprint density at radius 1 is 0.792 bits per heavy atom. The first-order valence-corrected chi connectivity index (χ1v) is 19.8. The summed E-state index contributed by atoms with van der Waals surface area (Å²) in [7, 11) is 0. The van der Waals surface area contributed by atoms with Crippen molar-refractivity contribution in [3.8, 4) is 0 Å². The Labute approximate surface area is 318 Å². The second-order valence-electron chi connectivity index (χ2n) is 18.8. The van der Waals surface area contributed by atoms with Crippen molar-refractivity contribution in [2.75, 3.05) is 9.80 Å². The molecule has 5 aromatic rings. The highest BCUT2D eigenvalue weighted by Gasteiger charge is 2.58. The van der Waals surface area contributed by atoms with Crippen molar-refractivity contribution in [2.24, 2.45) is 0 Å². The minimum absolute atomic E-state index is 0.00464. The topological polar surface area (TPSA) is 19.6 Å². The predicted molar refractivity (Wildman–Crippen MR) is 226 cm³/mol. The van der Waals surface area contributed by atoms with Crippen LogP contribution < -0.4 is 9.80 Å². The van der Waals surface area contributed by atoms with E-state index in [-0.39, 0.29) is 27.7 Å². The van der Waals surface area contributed by atoms with E-state index in [0.29, 0.717) is 0 Å². The predicted octanol–water partition coefficient (Wildman–Crippen LogP) is 14.4. The quantitative estimate of drug-likeness (QED) is 0.174. The summed E-state index contributed by atoms with van der Waals surface area (Å²) in [4.78, 5) is 5.29. The van der Waals surface area contributed by atoms with Gasteiger partial charge in [-0.1, -0.05) is 116 Å². The Morgan fingerprint density at radius 2 is 1.51 bits per heavy atom. The van der Waals surface area contributed by atoms with Crippen LogP contribution in [0.1, 0.15) is 132 Å². The Bertz CT molecular complexity index is 2320. The number of benzene rings is 4. The molecule has 3 atom stereocenters. The lowest BCUT2D eigenvalue weighted by Gasteiger charge is -2.50. The fourth-order valence-corrected chi connectivity index (χ4v) is 10.2. The van der Waals surface area contributed by atoms with E-state index in [1.807, 2.05) is 6.08 Å². The van der Waals surface area contributed by atoms with E-state index >= 15 is 0 Å².